The molecule has 0 aliphatic carbocycles. The van der Waals surface area contributed by atoms with Crippen LogP contribution in [0.5, 0.6) is 0 Å². The summed E-state index contributed by atoms with van der Waals surface area (Å²) in [5, 5.41) is 3.35. The summed E-state index contributed by atoms with van der Waals surface area (Å²) in [4.78, 5) is 0.678. The molecule has 1 N–H and O–H groups in total. The van der Waals surface area contributed by atoms with Crippen molar-refractivity contribution in [1.82, 2.24) is 0 Å². The molecule has 0 fully saturated rings. The lowest BCUT2D eigenvalue weighted by molar-refractivity contribution is 0.596. The lowest BCUT2D eigenvalue weighted by Gasteiger charge is -2.24. The van der Waals surface area contributed by atoms with Crippen LogP contribution in [0.25, 0.3) is 11.1 Å². The summed E-state index contributed by atoms with van der Waals surface area (Å²) < 4.78 is 26.5. The molecule has 0 unspecified atom stereocenters. The van der Waals surface area contributed by atoms with Crippen LogP contribution >= 0.6 is 0 Å². The first-order chi connectivity index (χ1) is 12.0. The summed E-state index contributed by atoms with van der Waals surface area (Å²) in [5.74, 6) is 0. The van der Waals surface area contributed by atoms with E-state index < -0.39 is 9.84 Å². The highest BCUT2D eigenvalue weighted by Crippen LogP contribution is 2.41. The van der Waals surface area contributed by atoms with Crippen molar-refractivity contribution < 1.29 is 8.42 Å². The van der Waals surface area contributed by atoms with Gasteiger partial charge in [0.05, 0.1) is 9.79 Å². The van der Waals surface area contributed by atoms with E-state index >= 15 is 0 Å². The number of anilines is 1. The van der Waals surface area contributed by atoms with Gasteiger partial charge >= 0.3 is 0 Å². The number of hydrogen-bond acceptors (Lipinski definition) is 3. The van der Waals surface area contributed by atoms with Gasteiger partial charge in [-0.2, -0.15) is 0 Å². The summed E-state index contributed by atoms with van der Waals surface area (Å²) >= 11 is 0. The maximum Gasteiger partial charge on any atom is 0.207 e. The SMILES string of the molecule is Cc1ccc(S(=O)(=O)c2cccc3c2-c2ccc(C)cc2CN3)cc1. The highest BCUT2D eigenvalue weighted by atomic mass is 32.2. The van der Waals surface area contributed by atoms with Crippen LogP contribution in [-0.2, 0) is 16.4 Å². The molecule has 3 aromatic rings. The monoisotopic (exact) mass is 349 g/mol. The van der Waals surface area contributed by atoms with Crippen molar-refractivity contribution in [3.05, 3.63) is 77.4 Å². The largest absolute Gasteiger partial charge is 0.380 e. The van der Waals surface area contributed by atoms with Crippen molar-refractivity contribution in [2.45, 2.75) is 30.2 Å². The Labute approximate surface area is 148 Å². The third-order valence-corrected chi connectivity index (χ3v) is 6.46. The van der Waals surface area contributed by atoms with Gasteiger partial charge in [0, 0.05) is 17.8 Å². The average Bonchev–Trinajstić information content (AvgIpc) is 2.61. The third-order valence-electron chi connectivity index (χ3n) is 4.65. The van der Waals surface area contributed by atoms with Gasteiger partial charge in [-0.1, -0.05) is 47.5 Å². The minimum atomic E-state index is -3.59. The minimum Gasteiger partial charge on any atom is -0.380 e. The fourth-order valence-corrected chi connectivity index (χ4v) is 4.82. The number of hydrogen-bond donors (Lipinski definition) is 1. The molecule has 3 nitrogen and oxygen atoms in total. The molecule has 0 atom stereocenters. The van der Waals surface area contributed by atoms with Gasteiger partial charge in [-0.15, -0.1) is 0 Å². The Morgan fingerprint density at radius 3 is 2.36 bits per heavy atom. The fraction of sp³-hybridized carbons (Fsp3) is 0.143. The molecule has 1 heterocycles. The van der Waals surface area contributed by atoms with Crippen molar-refractivity contribution in [3.63, 3.8) is 0 Å². The first-order valence-corrected chi connectivity index (χ1v) is 9.74. The van der Waals surface area contributed by atoms with Crippen LogP contribution in [-0.4, -0.2) is 8.42 Å². The third kappa shape index (κ3) is 2.63. The topological polar surface area (TPSA) is 46.2 Å². The molecule has 0 aromatic heterocycles. The standard InChI is InChI=1S/C21H19NO2S/c1-14-6-9-17(10-7-14)25(23,24)20-5-3-4-19-21(20)18-11-8-15(2)12-16(18)13-22-19/h3-12,22H,13H2,1-2H3. The molecular weight excluding hydrogens is 330 g/mol. The Kier molecular flexibility index (Phi) is 3.65. The van der Waals surface area contributed by atoms with E-state index in [1.807, 2.05) is 44.2 Å². The first-order valence-electron chi connectivity index (χ1n) is 8.25. The Morgan fingerprint density at radius 1 is 0.880 bits per heavy atom. The van der Waals surface area contributed by atoms with Gasteiger partial charge < -0.3 is 5.32 Å². The van der Waals surface area contributed by atoms with Gasteiger partial charge in [0.1, 0.15) is 0 Å². The second-order valence-corrected chi connectivity index (χ2v) is 8.43. The maximum absolute atomic E-state index is 13.3. The predicted octanol–water partition coefficient (Wildman–Crippen LogP) is 4.73. The van der Waals surface area contributed by atoms with Crippen LogP contribution < -0.4 is 5.32 Å². The second-order valence-electron chi connectivity index (χ2n) is 6.51. The van der Waals surface area contributed by atoms with Crippen molar-refractivity contribution in [3.8, 4) is 11.1 Å². The summed E-state index contributed by atoms with van der Waals surface area (Å²) in [6.07, 6.45) is 0. The molecule has 0 spiro atoms. The van der Waals surface area contributed by atoms with E-state index in [9.17, 15) is 8.42 Å². The predicted molar refractivity (Wildman–Crippen MR) is 101 cm³/mol. The minimum absolute atomic E-state index is 0.325. The van der Waals surface area contributed by atoms with E-state index in [1.54, 1.807) is 24.3 Å². The molecule has 4 rings (SSSR count). The van der Waals surface area contributed by atoms with E-state index in [4.69, 9.17) is 0 Å². The molecule has 3 aromatic carbocycles. The summed E-state index contributed by atoms with van der Waals surface area (Å²) in [6.45, 7) is 4.70. The first kappa shape index (κ1) is 15.9. The zero-order valence-electron chi connectivity index (χ0n) is 14.2. The van der Waals surface area contributed by atoms with Crippen LogP contribution in [0.3, 0.4) is 0 Å². The van der Waals surface area contributed by atoms with E-state index in [0.717, 1.165) is 27.9 Å². The summed E-state index contributed by atoms with van der Waals surface area (Å²) in [5.41, 5.74) is 5.96. The molecule has 126 valence electrons. The lowest BCUT2D eigenvalue weighted by Crippen LogP contribution is -2.13. The number of nitrogens with one attached hydrogen (secondary N) is 1. The van der Waals surface area contributed by atoms with Gasteiger partial charge in [0.2, 0.25) is 9.84 Å². The quantitative estimate of drug-likeness (QED) is 0.727. The van der Waals surface area contributed by atoms with E-state index in [0.29, 0.717) is 16.3 Å². The lowest BCUT2D eigenvalue weighted by atomic mass is 9.93. The van der Waals surface area contributed by atoms with Crippen molar-refractivity contribution in [2.75, 3.05) is 5.32 Å². The molecular formula is C21H19NO2S. The molecule has 0 amide bonds. The van der Waals surface area contributed by atoms with Crippen LogP contribution in [0.15, 0.2) is 70.5 Å². The number of fused-ring (bicyclic) bond motifs is 3. The molecule has 1 aliphatic rings. The van der Waals surface area contributed by atoms with Gasteiger partial charge in [0.15, 0.2) is 0 Å². The van der Waals surface area contributed by atoms with Gasteiger partial charge in [-0.3, -0.25) is 0 Å². The number of benzene rings is 3. The summed E-state index contributed by atoms with van der Waals surface area (Å²) in [7, 11) is -3.59. The molecule has 0 saturated carbocycles. The van der Waals surface area contributed by atoms with Crippen molar-refractivity contribution in [2.24, 2.45) is 0 Å². The molecule has 1 aliphatic heterocycles. The molecule has 4 heteroatoms. The Hall–Kier alpha value is -2.59. The second kappa shape index (κ2) is 5.74. The van der Waals surface area contributed by atoms with E-state index in [2.05, 4.69) is 11.4 Å². The van der Waals surface area contributed by atoms with Crippen molar-refractivity contribution >= 4 is 15.5 Å². The van der Waals surface area contributed by atoms with E-state index in [1.165, 1.54) is 5.56 Å². The molecule has 25 heavy (non-hydrogen) atoms. The Bertz CT molecular complexity index is 1070. The van der Waals surface area contributed by atoms with Crippen LogP contribution in [0.1, 0.15) is 16.7 Å². The van der Waals surface area contributed by atoms with Gasteiger partial charge in [-0.25, -0.2) is 8.42 Å². The van der Waals surface area contributed by atoms with Crippen molar-refractivity contribution in [1.29, 1.82) is 0 Å². The van der Waals surface area contributed by atoms with Crippen LogP contribution in [0, 0.1) is 13.8 Å². The zero-order chi connectivity index (χ0) is 17.6. The Balaban J connectivity index is 1.97. The number of aryl methyl sites for hydroxylation is 2. The van der Waals surface area contributed by atoms with Gasteiger partial charge in [0.25, 0.3) is 0 Å². The highest BCUT2D eigenvalue weighted by molar-refractivity contribution is 7.91. The van der Waals surface area contributed by atoms with Crippen LogP contribution in [0.4, 0.5) is 5.69 Å². The van der Waals surface area contributed by atoms with Crippen LogP contribution in [0.2, 0.25) is 0 Å². The molecule has 0 radical (unpaired) electrons. The number of rotatable bonds is 2. The molecule has 0 saturated heterocycles. The highest BCUT2D eigenvalue weighted by Gasteiger charge is 2.27. The maximum atomic E-state index is 13.3. The zero-order valence-corrected chi connectivity index (χ0v) is 15.0. The fourth-order valence-electron chi connectivity index (χ4n) is 3.33. The smallest absolute Gasteiger partial charge is 0.207 e. The average molecular weight is 349 g/mol. The molecule has 0 bridgehead atoms. The van der Waals surface area contributed by atoms with E-state index in [-0.39, 0.29) is 0 Å². The summed E-state index contributed by atoms with van der Waals surface area (Å²) in [6, 6.07) is 18.6. The number of sulfone groups is 1. The normalized spacial score (nSPS) is 12.9. The van der Waals surface area contributed by atoms with Gasteiger partial charge in [-0.05, 0) is 49.2 Å². The Morgan fingerprint density at radius 2 is 1.60 bits per heavy atom.